The summed E-state index contributed by atoms with van der Waals surface area (Å²) < 4.78 is 7.14. The maximum atomic E-state index is 12.6. The van der Waals surface area contributed by atoms with Gasteiger partial charge in [-0.2, -0.15) is 0 Å². The molecule has 0 aliphatic carbocycles. The largest absolute Gasteiger partial charge is 0.411 e. The third-order valence-electron chi connectivity index (χ3n) is 4.15. The minimum Gasteiger partial charge on any atom is -0.411 e. The average molecular weight is 442 g/mol. The lowest BCUT2D eigenvalue weighted by atomic mass is 10.1. The van der Waals surface area contributed by atoms with Crippen molar-refractivity contribution in [1.29, 1.82) is 0 Å². The molecular weight excluding hydrogens is 430 g/mol. The maximum Gasteiger partial charge on any atom is 0.284 e. The second-order valence-electron chi connectivity index (χ2n) is 6.09. The first kappa shape index (κ1) is 19.8. The number of nitro benzene ring substituents is 1. The van der Waals surface area contributed by atoms with Crippen molar-refractivity contribution in [2.75, 3.05) is 0 Å². The number of halogens is 1. The number of imidazole rings is 1. The molecule has 0 radical (unpaired) electrons. The van der Waals surface area contributed by atoms with Crippen molar-refractivity contribution in [1.82, 2.24) is 19.7 Å². The lowest BCUT2D eigenvalue weighted by molar-refractivity contribution is -0.387. The number of carbonyl (C=O) groups excluding carboxylic acids is 1. The Balaban J connectivity index is 1.64. The Bertz CT molecular complexity index is 1270. The van der Waals surface area contributed by atoms with Crippen LogP contribution in [-0.4, -0.2) is 30.5 Å². The second-order valence-corrected chi connectivity index (χ2v) is 7.49. The average Bonchev–Trinajstić information content (AvgIpc) is 3.37. The molecule has 4 aromatic rings. The van der Waals surface area contributed by atoms with Gasteiger partial charge in [-0.05, 0) is 36.0 Å². The van der Waals surface area contributed by atoms with Crippen molar-refractivity contribution in [3.8, 4) is 11.5 Å². The number of carbonyl (C=O) groups is 1. The molecule has 2 aromatic carbocycles. The van der Waals surface area contributed by atoms with Crippen LogP contribution < -0.4 is 0 Å². The van der Waals surface area contributed by atoms with Gasteiger partial charge >= 0.3 is 0 Å². The lowest BCUT2D eigenvalue weighted by Crippen LogP contribution is -2.09. The Morgan fingerprint density at radius 3 is 2.73 bits per heavy atom. The number of aromatic nitrogens is 4. The van der Waals surface area contributed by atoms with Crippen molar-refractivity contribution < 1.29 is 14.1 Å². The molecule has 0 bridgehead atoms. The Morgan fingerprint density at radius 2 is 2.03 bits per heavy atom. The van der Waals surface area contributed by atoms with Crippen molar-refractivity contribution in [3.05, 3.63) is 81.4 Å². The van der Waals surface area contributed by atoms with Gasteiger partial charge in [0.25, 0.3) is 10.9 Å². The van der Waals surface area contributed by atoms with Crippen molar-refractivity contribution in [2.45, 2.75) is 10.1 Å². The molecule has 11 heteroatoms. The third kappa shape index (κ3) is 3.82. The van der Waals surface area contributed by atoms with E-state index in [4.69, 9.17) is 16.0 Å². The lowest BCUT2D eigenvalue weighted by Gasteiger charge is -2.04. The molecule has 2 heterocycles. The molecular formula is C19H12ClN5O4S. The molecule has 0 saturated heterocycles. The summed E-state index contributed by atoms with van der Waals surface area (Å²) in [5.41, 5.74) is 0.462. The summed E-state index contributed by atoms with van der Waals surface area (Å²) in [7, 11) is 1.67. The fourth-order valence-corrected chi connectivity index (χ4v) is 3.67. The van der Waals surface area contributed by atoms with Gasteiger partial charge in [0, 0.05) is 31.1 Å². The molecule has 4 rings (SSSR count). The van der Waals surface area contributed by atoms with Crippen LogP contribution in [0.3, 0.4) is 0 Å². The summed E-state index contributed by atoms with van der Waals surface area (Å²) >= 11 is 7.06. The van der Waals surface area contributed by atoms with E-state index >= 15 is 0 Å². The highest BCUT2D eigenvalue weighted by molar-refractivity contribution is 7.99. The number of hydrogen-bond acceptors (Lipinski definition) is 8. The first-order valence-electron chi connectivity index (χ1n) is 8.51. The van der Waals surface area contributed by atoms with Crippen LogP contribution in [0, 0.1) is 10.1 Å². The van der Waals surface area contributed by atoms with Crippen LogP contribution in [0.4, 0.5) is 5.69 Å². The molecule has 0 N–H and O–H groups in total. The highest BCUT2D eigenvalue weighted by atomic mass is 35.5. The quantitative estimate of drug-likeness (QED) is 0.245. The fraction of sp³-hybridized carbons (Fsp3) is 0.0526. The van der Waals surface area contributed by atoms with E-state index < -0.39 is 10.7 Å². The number of aryl methyl sites for hydroxylation is 1. The second kappa shape index (κ2) is 8.09. The first-order valence-corrected chi connectivity index (χ1v) is 9.70. The van der Waals surface area contributed by atoms with Crippen LogP contribution in [0.15, 0.2) is 69.4 Å². The predicted octanol–water partition coefficient (Wildman–Crippen LogP) is 4.41. The zero-order chi connectivity index (χ0) is 21.3. The number of nitrogens with zero attached hydrogens (tertiary/aromatic N) is 5. The van der Waals surface area contributed by atoms with Gasteiger partial charge in [0.1, 0.15) is 0 Å². The van der Waals surface area contributed by atoms with Crippen LogP contribution in [-0.2, 0) is 7.05 Å². The van der Waals surface area contributed by atoms with E-state index in [1.54, 1.807) is 42.1 Å². The predicted molar refractivity (Wildman–Crippen MR) is 109 cm³/mol. The van der Waals surface area contributed by atoms with E-state index in [9.17, 15) is 14.9 Å². The highest BCUT2D eigenvalue weighted by Crippen LogP contribution is 2.37. The number of ketones is 1. The van der Waals surface area contributed by atoms with Crippen LogP contribution in [0.1, 0.15) is 16.2 Å². The Kier molecular flexibility index (Phi) is 5.34. The molecule has 2 aromatic heterocycles. The number of hydrogen-bond donors (Lipinski definition) is 0. The van der Waals surface area contributed by atoms with Gasteiger partial charge in [0.15, 0.2) is 5.82 Å². The standard InChI is InChI=1S/C19H12ClN5O4S/c1-24-9-8-21-17(24)16(26)11-6-7-15(14(10-11)25(27)28)30-19-23-22-18(29-19)12-4-2-3-5-13(12)20/h2-10H,1H3. The van der Waals surface area contributed by atoms with Crippen molar-refractivity contribution in [2.24, 2.45) is 7.05 Å². The molecule has 0 aliphatic rings. The van der Waals surface area contributed by atoms with E-state index in [0.717, 1.165) is 11.8 Å². The van der Waals surface area contributed by atoms with E-state index in [-0.39, 0.29) is 33.1 Å². The fourth-order valence-electron chi connectivity index (χ4n) is 2.69. The normalized spacial score (nSPS) is 10.9. The van der Waals surface area contributed by atoms with Crippen LogP contribution in [0.5, 0.6) is 0 Å². The zero-order valence-corrected chi connectivity index (χ0v) is 16.9. The van der Waals surface area contributed by atoms with Gasteiger partial charge in [0.05, 0.1) is 20.4 Å². The molecule has 0 saturated carbocycles. The minimum atomic E-state index is -0.567. The smallest absolute Gasteiger partial charge is 0.284 e. The van der Waals surface area contributed by atoms with E-state index in [1.807, 2.05) is 0 Å². The van der Waals surface area contributed by atoms with E-state index in [1.165, 1.54) is 24.4 Å². The Hall–Kier alpha value is -3.50. The molecule has 0 unspecified atom stereocenters. The summed E-state index contributed by atoms with van der Waals surface area (Å²) in [6.07, 6.45) is 3.11. The Morgan fingerprint density at radius 1 is 1.23 bits per heavy atom. The summed E-state index contributed by atoms with van der Waals surface area (Å²) in [5.74, 6) is -0.0285. The van der Waals surface area contributed by atoms with Gasteiger partial charge in [0.2, 0.25) is 11.7 Å². The van der Waals surface area contributed by atoms with Crippen molar-refractivity contribution >= 4 is 34.8 Å². The van der Waals surface area contributed by atoms with Crippen LogP contribution in [0.2, 0.25) is 5.02 Å². The van der Waals surface area contributed by atoms with Gasteiger partial charge in [-0.25, -0.2) is 4.98 Å². The summed E-state index contributed by atoms with van der Waals surface area (Å²) in [6.45, 7) is 0. The summed E-state index contributed by atoms with van der Waals surface area (Å²) in [4.78, 5) is 27.9. The SMILES string of the molecule is Cn1ccnc1C(=O)c1ccc(Sc2nnc(-c3ccccc3Cl)o2)c([N+](=O)[O-])c1. The molecule has 0 atom stereocenters. The van der Waals surface area contributed by atoms with Gasteiger partial charge in [-0.15, -0.1) is 10.2 Å². The highest BCUT2D eigenvalue weighted by Gasteiger charge is 2.23. The van der Waals surface area contributed by atoms with Gasteiger partial charge < -0.3 is 8.98 Å². The van der Waals surface area contributed by atoms with Crippen LogP contribution >= 0.6 is 23.4 Å². The topological polar surface area (TPSA) is 117 Å². The molecule has 30 heavy (non-hydrogen) atoms. The summed E-state index contributed by atoms with van der Waals surface area (Å²) in [5, 5.41) is 20.0. The van der Waals surface area contributed by atoms with Gasteiger partial charge in [-0.1, -0.05) is 23.7 Å². The molecule has 0 aliphatic heterocycles. The third-order valence-corrected chi connectivity index (χ3v) is 5.38. The van der Waals surface area contributed by atoms with E-state index in [2.05, 4.69) is 15.2 Å². The first-order chi connectivity index (χ1) is 14.4. The monoisotopic (exact) mass is 441 g/mol. The van der Waals surface area contributed by atoms with Crippen LogP contribution in [0.25, 0.3) is 11.5 Å². The molecule has 150 valence electrons. The van der Waals surface area contributed by atoms with Gasteiger partial charge in [-0.3, -0.25) is 14.9 Å². The number of nitro groups is 1. The summed E-state index contributed by atoms with van der Waals surface area (Å²) in [6, 6.07) is 11.1. The zero-order valence-electron chi connectivity index (χ0n) is 15.4. The Labute approximate surface area is 178 Å². The minimum absolute atomic E-state index is 0.108. The molecule has 9 nitrogen and oxygen atoms in total. The molecule has 0 fully saturated rings. The van der Waals surface area contributed by atoms with Crippen molar-refractivity contribution in [3.63, 3.8) is 0 Å². The molecule has 0 spiro atoms. The number of rotatable bonds is 6. The maximum absolute atomic E-state index is 12.6. The molecule has 0 amide bonds. The number of benzene rings is 2. The van der Waals surface area contributed by atoms with E-state index in [0.29, 0.717) is 10.6 Å².